The van der Waals surface area contributed by atoms with Crippen LogP contribution in [0.15, 0.2) is 18.2 Å². The minimum Gasteiger partial charge on any atom is -0.368 e. The second kappa shape index (κ2) is 7.34. The summed E-state index contributed by atoms with van der Waals surface area (Å²) in [6.45, 7) is 6.07. The number of carbonyl (C=O) groups excluding carboxylic acids is 2. The molecule has 130 valence electrons. The van der Waals surface area contributed by atoms with Crippen LogP contribution in [-0.4, -0.2) is 42.5 Å². The van der Waals surface area contributed by atoms with Crippen molar-refractivity contribution in [2.45, 2.75) is 45.6 Å². The van der Waals surface area contributed by atoms with E-state index in [1.807, 2.05) is 30.0 Å². The summed E-state index contributed by atoms with van der Waals surface area (Å²) in [6.07, 6.45) is 2.97. The molecule has 1 N–H and O–H groups in total. The minimum atomic E-state index is -0.258. The number of amides is 2. The summed E-state index contributed by atoms with van der Waals surface area (Å²) in [5.74, 6) is 0.128. The van der Waals surface area contributed by atoms with E-state index in [9.17, 15) is 9.59 Å². The topological polar surface area (TPSA) is 58.6 Å². The van der Waals surface area contributed by atoms with E-state index in [2.05, 4.69) is 12.2 Å². The third-order valence-electron chi connectivity index (χ3n) is 5.16. The van der Waals surface area contributed by atoms with Crippen LogP contribution in [0.1, 0.15) is 36.8 Å². The number of likely N-dealkylation sites (tertiary alicyclic amines) is 1. The van der Waals surface area contributed by atoms with Crippen LogP contribution in [0.25, 0.3) is 0 Å². The number of hydrogen-bond acceptors (Lipinski definition) is 3. The molecule has 1 aromatic rings. The van der Waals surface area contributed by atoms with Crippen LogP contribution in [0.4, 0.5) is 5.69 Å². The summed E-state index contributed by atoms with van der Waals surface area (Å²) < 4.78 is 5.47. The van der Waals surface area contributed by atoms with Gasteiger partial charge in [-0.25, -0.2) is 0 Å². The third-order valence-corrected chi connectivity index (χ3v) is 5.16. The van der Waals surface area contributed by atoms with Gasteiger partial charge in [-0.15, -0.1) is 0 Å². The first-order valence-electron chi connectivity index (χ1n) is 8.83. The van der Waals surface area contributed by atoms with Gasteiger partial charge in [0.15, 0.2) is 0 Å². The van der Waals surface area contributed by atoms with E-state index in [1.165, 1.54) is 11.1 Å². The maximum absolute atomic E-state index is 12.5. The van der Waals surface area contributed by atoms with Crippen molar-refractivity contribution in [1.82, 2.24) is 4.90 Å². The first kappa shape index (κ1) is 17.0. The number of ether oxygens (including phenoxy) is 1. The van der Waals surface area contributed by atoms with Crippen LogP contribution in [0.3, 0.4) is 0 Å². The van der Waals surface area contributed by atoms with E-state index >= 15 is 0 Å². The van der Waals surface area contributed by atoms with Crippen LogP contribution in [0.2, 0.25) is 0 Å². The fourth-order valence-electron chi connectivity index (χ4n) is 3.40. The second-order valence-electron chi connectivity index (χ2n) is 6.89. The number of hydrogen-bond donors (Lipinski definition) is 1. The van der Waals surface area contributed by atoms with Crippen molar-refractivity contribution in [3.63, 3.8) is 0 Å². The molecule has 3 rings (SSSR count). The molecule has 2 fully saturated rings. The van der Waals surface area contributed by atoms with E-state index < -0.39 is 0 Å². The van der Waals surface area contributed by atoms with Crippen LogP contribution in [0.5, 0.6) is 0 Å². The van der Waals surface area contributed by atoms with E-state index in [0.29, 0.717) is 19.7 Å². The lowest BCUT2D eigenvalue weighted by Gasteiger charge is -2.32. The van der Waals surface area contributed by atoms with Gasteiger partial charge in [-0.05, 0) is 62.8 Å². The Balaban J connectivity index is 1.51. The van der Waals surface area contributed by atoms with Gasteiger partial charge in [0, 0.05) is 31.3 Å². The van der Waals surface area contributed by atoms with Crippen LogP contribution in [0, 0.1) is 19.8 Å². The average Bonchev–Trinajstić information content (AvgIpc) is 3.12. The first-order chi connectivity index (χ1) is 11.5. The molecule has 1 aromatic carbocycles. The lowest BCUT2D eigenvalue weighted by molar-refractivity contribution is -0.143. The summed E-state index contributed by atoms with van der Waals surface area (Å²) in [7, 11) is 0. The van der Waals surface area contributed by atoms with E-state index in [0.717, 1.165) is 31.4 Å². The fourth-order valence-corrected chi connectivity index (χ4v) is 3.40. The number of rotatable bonds is 3. The Hall–Kier alpha value is -1.88. The van der Waals surface area contributed by atoms with Gasteiger partial charge in [-0.2, -0.15) is 0 Å². The Kier molecular flexibility index (Phi) is 5.19. The molecule has 2 heterocycles. The van der Waals surface area contributed by atoms with Crippen LogP contribution < -0.4 is 5.32 Å². The van der Waals surface area contributed by atoms with Crippen molar-refractivity contribution in [1.29, 1.82) is 0 Å². The van der Waals surface area contributed by atoms with Crippen molar-refractivity contribution in [2.24, 2.45) is 5.92 Å². The molecule has 5 heteroatoms. The zero-order valence-corrected chi connectivity index (χ0v) is 14.5. The maximum Gasteiger partial charge on any atom is 0.251 e. The zero-order chi connectivity index (χ0) is 17.1. The quantitative estimate of drug-likeness (QED) is 0.927. The summed E-state index contributed by atoms with van der Waals surface area (Å²) >= 11 is 0. The SMILES string of the molecule is Cc1ccc(NC(=O)C2CCN(C(=O)C3CCCO3)CC2)cc1C. The van der Waals surface area contributed by atoms with Crippen molar-refractivity contribution in [3.8, 4) is 0 Å². The van der Waals surface area contributed by atoms with E-state index in [4.69, 9.17) is 4.74 Å². The highest BCUT2D eigenvalue weighted by Gasteiger charge is 2.32. The molecule has 1 unspecified atom stereocenters. The van der Waals surface area contributed by atoms with Crippen molar-refractivity contribution in [2.75, 3.05) is 25.0 Å². The van der Waals surface area contributed by atoms with Gasteiger partial charge >= 0.3 is 0 Å². The number of carbonyl (C=O) groups is 2. The van der Waals surface area contributed by atoms with Crippen LogP contribution in [-0.2, 0) is 14.3 Å². The number of nitrogens with one attached hydrogen (secondary N) is 1. The predicted molar refractivity (Wildman–Crippen MR) is 92.8 cm³/mol. The number of nitrogens with zero attached hydrogens (tertiary/aromatic N) is 1. The van der Waals surface area contributed by atoms with Crippen molar-refractivity contribution < 1.29 is 14.3 Å². The van der Waals surface area contributed by atoms with Gasteiger partial charge in [0.1, 0.15) is 6.10 Å². The first-order valence-corrected chi connectivity index (χ1v) is 8.83. The Morgan fingerprint density at radius 3 is 2.50 bits per heavy atom. The molecular formula is C19H26N2O3. The molecule has 2 saturated heterocycles. The summed E-state index contributed by atoms with van der Waals surface area (Å²) in [5.41, 5.74) is 3.24. The molecule has 2 amide bonds. The normalized spacial score (nSPS) is 21.8. The number of benzene rings is 1. The van der Waals surface area contributed by atoms with Gasteiger partial charge in [0.05, 0.1) is 0 Å². The maximum atomic E-state index is 12.5. The second-order valence-corrected chi connectivity index (χ2v) is 6.89. The third kappa shape index (κ3) is 3.78. The molecule has 0 aliphatic carbocycles. The molecule has 0 bridgehead atoms. The highest BCUT2D eigenvalue weighted by atomic mass is 16.5. The lowest BCUT2D eigenvalue weighted by Crippen LogP contribution is -2.45. The number of anilines is 1. The van der Waals surface area contributed by atoms with E-state index in [1.54, 1.807) is 0 Å². The minimum absolute atomic E-state index is 0.0276. The molecule has 24 heavy (non-hydrogen) atoms. The van der Waals surface area contributed by atoms with Gasteiger partial charge in [0.2, 0.25) is 5.91 Å². The summed E-state index contributed by atoms with van der Waals surface area (Å²) in [5, 5.41) is 3.01. The van der Waals surface area contributed by atoms with Gasteiger partial charge in [0.25, 0.3) is 5.91 Å². The Labute approximate surface area is 143 Å². The smallest absolute Gasteiger partial charge is 0.251 e. The molecular weight excluding hydrogens is 304 g/mol. The zero-order valence-electron chi connectivity index (χ0n) is 14.5. The summed E-state index contributed by atoms with van der Waals surface area (Å²) in [6, 6.07) is 5.97. The lowest BCUT2D eigenvalue weighted by atomic mass is 9.95. The number of aryl methyl sites for hydroxylation is 2. The van der Waals surface area contributed by atoms with Gasteiger partial charge in [-0.1, -0.05) is 6.07 Å². The molecule has 0 spiro atoms. The molecule has 0 aromatic heterocycles. The van der Waals surface area contributed by atoms with E-state index in [-0.39, 0.29) is 23.8 Å². The molecule has 0 radical (unpaired) electrons. The monoisotopic (exact) mass is 330 g/mol. The van der Waals surface area contributed by atoms with Gasteiger partial charge in [-0.3, -0.25) is 9.59 Å². The Bertz CT molecular complexity index is 615. The highest BCUT2D eigenvalue weighted by Crippen LogP contribution is 2.23. The average molecular weight is 330 g/mol. The highest BCUT2D eigenvalue weighted by molar-refractivity contribution is 5.93. The van der Waals surface area contributed by atoms with Crippen molar-refractivity contribution >= 4 is 17.5 Å². The Morgan fingerprint density at radius 1 is 1.12 bits per heavy atom. The summed E-state index contributed by atoms with van der Waals surface area (Å²) in [4.78, 5) is 26.7. The molecule has 2 aliphatic rings. The van der Waals surface area contributed by atoms with Crippen LogP contribution >= 0.6 is 0 Å². The predicted octanol–water partition coefficient (Wildman–Crippen LogP) is 2.66. The molecule has 1 atom stereocenters. The number of piperidine rings is 1. The Morgan fingerprint density at radius 2 is 1.88 bits per heavy atom. The fraction of sp³-hybridized carbons (Fsp3) is 0.579. The molecule has 2 aliphatic heterocycles. The molecule has 0 saturated carbocycles. The standard InChI is InChI=1S/C19H26N2O3/c1-13-5-6-16(12-14(13)2)20-18(22)15-7-9-21(10-8-15)19(23)17-4-3-11-24-17/h5-6,12,15,17H,3-4,7-11H2,1-2H3,(H,20,22). The van der Waals surface area contributed by atoms with Crippen molar-refractivity contribution in [3.05, 3.63) is 29.3 Å². The largest absolute Gasteiger partial charge is 0.368 e. The molecule has 5 nitrogen and oxygen atoms in total. The van der Waals surface area contributed by atoms with Gasteiger partial charge < -0.3 is 15.0 Å².